The molecule has 0 aliphatic rings. The largest absolute Gasteiger partial charge is 0.379 e. The number of nitrogens with zero attached hydrogens (tertiary/aromatic N) is 3. The van der Waals surface area contributed by atoms with Crippen LogP contribution in [-0.4, -0.2) is 32.0 Å². The summed E-state index contributed by atoms with van der Waals surface area (Å²) in [4.78, 5) is 24.3. The van der Waals surface area contributed by atoms with Crippen LogP contribution in [0.15, 0.2) is 54.7 Å². The Hall–Kier alpha value is -2.99. The molecule has 3 aromatic rings. The molecule has 0 aliphatic carbocycles. The van der Waals surface area contributed by atoms with Crippen molar-refractivity contribution in [2.24, 2.45) is 11.8 Å². The van der Waals surface area contributed by atoms with Gasteiger partial charge in [0.2, 0.25) is 5.91 Å². The molecule has 2 aromatic carbocycles. The maximum atomic E-state index is 12.5. The first-order chi connectivity index (χ1) is 15.8. The number of rotatable bonds is 10. The summed E-state index contributed by atoms with van der Waals surface area (Å²) in [6.45, 7) is 4.93. The van der Waals surface area contributed by atoms with Crippen molar-refractivity contribution < 1.29 is 14.8 Å². The van der Waals surface area contributed by atoms with E-state index < -0.39 is 17.7 Å². The van der Waals surface area contributed by atoms with Crippen LogP contribution in [0.5, 0.6) is 0 Å². The third kappa shape index (κ3) is 7.53. The molecule has 4 N–H and O–H groups in total. The average Bonchev–Trinajstić information content (AvgIpc) is 3.25. The number of anilines is 2. The van der Waals surface area contributed by atoms with Gasteiger partial charge in [-0.15, -0.1) is 5.10 Å². The first-order valence-electron chi connectivity index (χ1n) is 10.6. The van der Waals surface area contributed by atoms with E-state index in [4.69, 9.17) is 5.21 Å². The second-order valence-electron chi connectivity index (χ2n) is 8.11. The predicted molar refractivity (Wildman–Crippen MR) is 134 cm³/mol. The molecule has 0 saturated heterocycles. The molecular weight excluding hydrogens is 535 g/mol. The van der Waals surface area contributed by atoms with E-state index in [1.165, 1.54) is 3.57 Å². The summed E-state index contributed by atoms with van der Waals surface area (Å²) in [6.07, 6.45) is 2.22. The quantitative estimate of drug-likeness (QED) is 0.130. The van der Waals surface area contributed by atoms with E-state index in [2.05, 4.69) is 43.5 Å². The van der Waals surface area contributed by atoms with E-state index in [-0.39, 0.29) is 5.92 Å². The Balaban J connectivity index is 1.54. The van der Waals surface area contributed by atoms with Gasteiger partial charge in [0.05, 0.1) is 19.3 Å². The average molecular weight is 562 g/mol. The van der Waals surface area contributed by atoms with Crippen molar-refractivity contribution in [3.63, 3.8) is 0 Å². The van der Waals surface area contributed by atoms with E-state index in [0.29, 0.717) is 25.2 Å². The fraction of sp³-hybridized carbons (Fsp3) is 0.304. The molecule has 3 rings (SSSR count). The molecular formula is C23H27IN6O3. The number of carbonyl (C=O) groups is 2. The number of carbonyl (C=O) groups excluding carboxylic acids is 2. The number of hydrogen-bond donors (Lipinski definition) is 4. The summed E-state index contributed by atoms with van der Waals surface area (Å²) >= 11 is 2.27. The Bertz CT molecular complexity index is 1070. The molecule has 0 bridgehead atoms. The fourth-order valence-electron chi connectivity index (χ4n) is 3.25. The van der Waals surface area contributed by atoms with Crippen LogP contribution in [0.25, 0.3) is 0 Å². The number of hydrogen-bond acceptors (Lipinski definition) is 6. The maximum Gasteiger partial charge on any atom is 0.255 e. The van der Waals surface area contributed by atoms with Crippen LogP contribution in [0, 0.1) is 15.4 Å². The Morgan fingerprint density at radius 3 is 2.33 bits per heavy atom. The molecule has 174 valence electrons. The van der Waals surface area contributed by atoms with Gasteiger partial charge in [0.1, 0.15) is 11.6 Å². The zero-order valence-electron chi connectivity index (χ0n) is 18.5. The molecule has 1 unspecified atom stereocenters. The van der Waals surface area contributed by atoms with Crippen molar-refractivity contribution in [1.82, 2.24) is 20.5 Å². The lowest BCUT2D eigenvalue weighted by molar-refractivity contribution is -0.139. The van der Waals surface area contributed by atoms with Gasteiger partial charge in [-0.25, -0.2) is 10.2 Å². The highest BCUT2D eigenvalue weighted by atomic mass is 127. The highest BCUT2D eigenvalue weighted by Crippen LogP contribution is 2.17. The second kappa shape index (κ2) is 11.8. The molecule has 0 aliphatic heterocycles. The summed E-state index contributed by atoms with van der Waals surface area (Å²) in [6, 6.07) is 15.4. The normalized spacial score (nSPS) is 11.8. The molecule has 33 heavy (non-hydrogen) atoms. The van der Waals surface area contributed by atoms with Gasteiger partial charge in [0, 0.05) is 14.9 Å². The number of aromatic nitrogens is 3. The first kappa shape index (κ1) is 24.6. The maximum absolute atomic E-state index is 12.5. The Morgan fingerprint density at radius 2 is 1.70 bits per heavy atom. The number of benzene rings is 2. The molecule has 0 saturated carbocycles. The minimum Gasteiger partial charge on any atom is -0.379 e. The number of amides is 2. The molecule has 0 spiro atoms. The van der Waals surface area contributed by atoms with E-state index in [0.717, 1.165) is 16.9 Å². The molecule has 0 fully saturated rings. The van der Waals surface area contributed by atoms with Gasteiger partial charge in [-0.05, 0) is 76.9 Å². The molecule has 1 aromatic heterocycles. The standard InChI is InChI=1S/C23H27IN6O3/c1-15(2)11-21(23(32)28-33)22(31)26-19-7-3-16(4-8-19)13-30-14-20(27-29-30)12-25-18-9-5-17(24)6-10-18/h3-10,14-15,21,25,33H,11-13H2,1-2H3,(H,26,31)(H,28,32). The Kier molecular flexibility index (Phi) is 8.78. The van der Waals surface area contributed by atoms with E-state index in [1.54, 1.807) is 22.3 Å². The zero-order chi connectivity index (χ0) is 23.8. The number of nitrogens with one attached hydrogen (secondary N) is 3. The lowest BCUT2D eigenvalue weighted by atomic mass is 9.95. The zero-order valence-corrected chi connectivity index (χ0v) is 20.6. The van der Waals surface area contributed by atoms with Crippen LogP contribution in [0.3, 0.4) is 0 Å². The van der Waals surface area contributed by atoms with Gasteiger partial charge in [-0.3, -0.25) is 14.8 Å². The van der Waals surface area contributed by atoms with Crippen LogP contribution in [0.2, 0.25) is 0 Å². The SMILES string of the molecule is CC(C)CC(C(=O)NO)C(=O)Nc1ccc(Cn2cc(CNc3ccc(I)cc3)nn2)cc1. The molecule has 0 radical (unpaired) electrons. The van der Waals surface area contributed by atoms with Crippen molar-refractivity contribution in [1.29, 1.82) is 0 Å². The molecule has 9 nitrogen and oxygen atoms in total. The van der Waals surface area contributed by atoms with Crippen molar-refractivity contribution in [2.75, 3.05) is 10.6 Å². The third-order valence-electron chi connectivity index (χ3n) is 4.92. The number of halogens is 1. The molecule has 1 heterocycles. The monoisotopic (exact) mass is 562 g/mol. The third-order valence-corrected chi connectivity index (χ3v) is 5.64. The lowest BCUT2D eigenvalue weighted by Crippen LogP contribution is -2.37. The van der Waals surface area contributed by atoms with Crippen LogP contribution < -0.4 is 16.1 Å². The lowest BCUT2D eigenvalue weighted by Gasteiger charge is -2.17. The summed E-state index contributed by atoms with van der Waals surface area (Å²) in [5, 5.41) is 23.4. The van der Waals surface area contributed by atoms with Crippen molar-refractivity contribution in [2.45, 2.75) is 33.4 Å². The summed E-state index contributed by atoms with van der Waals surface area (Å²) in [5.41, 5.74) is 4.99. The van der Waals surface area contributed by atoms with Gasteiger partial charge in [-0.1, -0.05) is 31.2 Å². The predicted octanol–water partition coefficient (Wildman–Crippen LogP) is 3.65. The Labute approximate surface area is 206 Å². The van der Waals surface area contributed by atoms with Gasteiger partial charge in [0.25, 0.3) is 5.91 Å². The van der Waals surface area contributed by atoms with E-state index in [9.17, 15) is 9.59 Å². The van der Waals surface area contributed by atoms with Crippen LogP contribution in [0.4, 0.5) is 11.4 Å². The van der Waals surface area contributed by atoms with Crippen molar-refractivity contribution in [3.8, 4) is 0 Å². The first-order valence-corrected chi connectivity index (χ1v) is 11.6. The summed E-state index contributed by atoms with van der Waals surface area (Å²) in [5.74, 6) is -2.00. The molecule has 10 heteroatoms. The van der Waals surface area contributed by atoms with E-state index in [1.807, 2.05) is 56.4 Å². The van der Waals surface area contributed by atoms with Gasteiger partial charge in [-0.2, -0.15) is 0 Å². The second-order valence-corrected chi connectivity index (χ2v) is 9.36. The smallest absolute Gasteiger partial charge is 0.255 e. The highest BCUT2D eigenvalue weighted by Gasteiger charge is 2.27. The topological polar surface area (TPSA) is 121 Å². The molecule has 2 amide bonds. The molecule has 1 atom stereocenters. The van der Waals surface area contributed by atoms with Crippen molar-refractivity contribution >= 4 is 45.8 Å². The van der Waals surface area contributed by atoms with Crippen LogP contribution >= 0.6 is 22.6 Å². The van der Waals surface area contributed by atoms with E-state index >= 15 is 0 Å². The van der Waals surface area contributed by atoms with Gasteiger partial charge < -0.3 is 10.6 Å². The summed E-state index contributed by atoms with van der Waals surface area (Å²) < 4.78 is 2.93. The minimum absolute atomic E-state index is 0.125. The Morgan fingerprint density at radius 1 is 1.03 bits per heavy atom. The van der Waals surface area contributed by atoms with Crippen molar-refractivity contribution in [3.05, 3.63) is 69.6 Å². The number of hydroxylamine groups is 1. The fourth-order valence-corrected chi connectivity index (χ4v) is 3.61. The minimum atomic E-state index is -0.962. The van der Waals surface area contributed by atoms with Gasteiger partial charge >= 0.3 is 0 Å². The summed E-state index contributed by atoms with van der Waals surface area (Å²) in [7, 11) is 0. The highest BCUT2D eigenvalue weighted by molar-refractivity contribution is 14.1. The van der Waals surface area contributed by atoms with Gasteiger partial charge in [0.15, 0.2) is 0 Å². The van der Waals surface area contributed by atoms with Crippen LogP contribution in [0.1, 0.15) is 31.5 Å². The van der Waals surface area contributed by atoms with Crippen LogP contribution in [-0.2, 0) is 22.7 Å².